The molecule has 1 aliphatic rings. The van der Waals surface area contributed by atoms with Gasteiger partial charge in [0.15, 0.2) is 9.84 Å². The molecule has 1 atom stereocenters. The van der Waals surface area contributed by atoms with Crippen LogP contribution in [0, 0.1) is 13.8 Å². The van der Waals surface area contributed by atoms with Crippen molar-refractivity contribution in [2.75, 3.05) is 30.0 Å². The fraction of sp³-hybridized carbons (Fsp3) is 0.533. The molecule has 1 aromatic carbocycles. The maximum Gasteiger partial charge on any atom is 0.228 e. The van der Waals surface area contributed by atoms with E-state index in [2.05, 4.69) is 5.32 Å². The van der Waals surface area contributed by atoms with E-state index in [1.165, 1.54) is 0 Å². The average Bonchev–Trinajstić information content (AvgIpc) is 2.36. The van der Waals surface area contributed by atoms with Gasteiger partial charge >= 0.3 is 0 Å². The van der Waals surface area contributed by atoms with Gasteiger partial charge < -0.3 is 10.2 Å². The monoisotopic (exact) mass is 310 g/mol. The number of benzene rings is 1. The van der Waals surface area contributed by atoms with Gasteiger partial charge in [0, 0.05) is 31.7 Å². The average molecular weight is 310 g/mol. The van der Waals surface area contributed by atoms with Crippen LogP contribution in [0.15, 0.2) is 18.2 Å². The zero-order valence-electron chi connectivity index (χ0n) is 12.7. The summed E-state index contributed by atoms with van der Waals surface area (Å²) in [5.74, 6) is 0.126. The van der Waals surface area contributed by atoms with Crippen LogP contribution >= 0.6 is 0 Å². The van der Waals surface area contributed by atoms with E-state index in [9.17, 15) is 13.2 Å². The number of nitrogens with one attached hydrogen (secondary N) is 1. The number of carbonyl (C=O) groups is 1. The Kier molecular flexibility index (Phi) is 4.68. The maximum absolute atomic E-state index is 12.4. The van der Waals surface area contributed by atoms with Gasteiger partial charge in [0.2, 0.25) is 5.91 Å². The van der Waals surface area contributed by atoms with E-state index < -0.39 is 9.84 Å². The van der Waals surface area contributed by atoms with Gasteiger partial charge in [-0.3, -0.25) is 4.79 Å². The predicted octanol–water partition coefficient (Wildman–Crippen LogP) is 1.04. The van der Waals surface area contributed by atoms with Gasteiger partial charge in [0.25, 0.3) is 0 Å². The van der Waals surface area contributed by atoms with Gasteiger partial charge in [0.1, 0.15) is 0 Å². The van der Waals surface area contributed by atoms with E-state index in [1.807, 2.05) is 32.0 Å². The quantitative estimate of drug-likeness (QED) is 0.906. The number of carbonyl (C=O) groups excluding carboxylic acids is 1. The molecule has 21 heavy (non-hydrogen) atoms. The molecule has 1 aliphatic heterocycles. The largest absolute Gasteiger partial charge is 0.315 e. The van der Waals surface area contributed by atoms with E-state index >= 15 is 0 Å². The Hall–Kier alpha value is -1.40. The minimum absolute atomic E-state index is 0.0411. The molecule has 0 spiro atoms. The summed E-state index contributed by atoms with van der Waals surface area (Å²) in [5.41, 5.74) is 3.05. The van der Waals surface area contributed by atoms with E-state index in [0.717, 1.165) is 16.8 Å². The summed E-state index contributed by atoms with van der Waals surface area (Å²) in [4.78, 5) is 14.0. The van der Waals surface area contributed by atoms with Crippen molar-refractivity contribution in [1.29, 1.82) is 0 Å². The topological polar surface area (TPSA) is 66.5 Å². The zero-order valence-corrected chi connectivity index (χ0v) is 13.5. The fourth-order valence-corrected chi connectivity index (χ4v) is 4.11. The van der Waals surface area contributed by atoms with E-state index in [-0.39, 0.29) is 29.9 Å². The first-order chi connectivity index (χ1) is 9.78. The van der Waals surface area contributed by atoms with Crippen LogP contribution in [0.2, 0.25) is 0 Å². The Morgan fingerprint density at radius 1 is 1.38 bits per heavy atom. The van der Waals surface area contributed by atoms with Crippen molar-refractivity contribution in [2.45, 2.75) is 26.3 Å². The van der Waals surface area contributed by atoms with Crippen LogP contribution in [0.4, 0.5) is 5.69 Å². The Bertz CT molecular complexity index is 640. The van der Waals surface area contributed by atoms with Gasteiger partial charge in [0.05, 0.1) is 11.5 Å². The predicted molar refractivity (Wildman–Crippen MR) is 84.4 cm³/mol. The van der Waals surface area contributed by atoms with Gasteiger partial charge in [-0.25, -0.2) is 8.42 Å². The van der Waals surface area contributed by atoms with Crippen molar-refractivity contribution >= 4 is 21.4 Å². The number of anilines is 1. The van der Waals surface area contributed by atoms with Crippen molar-refractivity contribution in [3.8, 4) is 0 Å². The number of sulfone groups is 1. The minimum atomic E-state index is -3.01. The Balaban J connectivity index is 2.06. The third-order valence-electron chi connectivity index (χ3n) is 3.81. The van der Waals surface area contributed by atoms with Crippen molar-refractivity contribution < 1.29 is 13.2 Å². The van der Waals surface area contributed by atoms with Crippen LogP contribution in [-0.2, 0) is 14.6 Å². The molecule has 0 saturated carbocycles. The molecule has 1 heterocycles. The van der Waals surface area contributed by atoms with E-state index in [0.29, 0.717) is 6.54 Å². The van der Waals surface area contributed by atoms with Crippen molar-refractivity contribution in [2.24, 2.45) is 0 Å². The van der Waals surface area contributed by atoms with Crippen LogP contribution in [0.25, 0.3) is 0 Å². The summed E-state index contributed by atoms with van der Waals surface area (Å²) < 4.78 is 23.2. The SMILES string of the molecule is Cc1ccc(N(C)C(=O)CC2CS(=O)(=O)CCN2)c(C)c1. The highest BCUT2D eigenvalue weighted by molar-refractivity contribution is 7.91. The van der Waals surface area contributed by atoms with Gasteiger partial charge in [-0.15, -0.1) is 0 Å². The van der Waals surface area contributed by atoms with Crippen LogP contribution in [0.1, 0.15) is 17.5 Å². The zero-order chi connectivity index (χ0) is 15.6. The molecule has 0 aliphatic carbocycles. The second kappa shape index (κ2) is 6.15. The Morgan fingerprint density at radius 3 is 2.71 bits per heavy atom. The van der Waals surface area contributed by atoms with Crippen LogP contribution in [-0.4, -0.2) is 45.5 Å². The molecule has 1 unspecified atom stereocenters. The molecule has 5 nitrogen and oxygen atoms in total. The highest BCUT2D eigenvalue weighted by Gasteiger charge is 2.27. The highest BCUT2D eigenvalue weighted by Crippen LogP contribution is 2.21. The third-order valence-corrected chi connectivity index (χ3v) is 5.55. The first-order valence-electron chi connectivity index (χ1n) is 7.06. The summed E-state index contributed by atoms with van der Waals surface area (Å²) in [7, 11) is -1.28. The van der Waals surface area contributed by atoms with Crippen molar-refractivity contribution in [3.63, 3.8) is 0 Å². The van der Waals surface area contributed by atoms with Gasteiger partial charge in [-0.1, -0.05) is 17.7 Å². The summed E-state index contributed by atoms with van der Waals surface area (Å²) >= 11 is 0. The van der Waals surface area contributed by atoms with Crippen molar-refractivity contribution in [3.05, 3.63) is 29.3 Å². The number of nitrogens with zero attached hydrogens (tertiary/aromatic N) is 1. The molecule has 1 aromatic rings. The normalized spacial score (nSPS) is 21.0. The summed E-state index contributed by atoms with van der Waals surface area (Å²) in [6.45, 7) is 4.40. The van der Waals surface area contributed by atoms with Gasteiger partial charge in [-0.05, 0) is 25.5 Å². The Labute approximate surface area is 126 Å². The molecule has 0 bridgehead atoms. The third kappa shape index (κ3) is 4.04. The summed E-state index contributed by atoms with van der Waals surface area (Å²) in [6, 6.07) is 5.63. The molecule has 0 radical (unpaired) electrons. The number of amides is 1. The number of rotatable bonds is 3. The minimum Gasteiger partial charge on any atom is -0.315 e. The van der Waals surface area contributed by atoms with E-state index in [4.69, 9.17) is 0 Å². The lowest BCUT2D eigenvalue weighted by Gasteiger charge is -2.26. The molecule has 1 saturated heterocycles. The van der Waals surface area contributed by atoms with E-state index in [1.54, 1.807) is 11.9 Å². The second-order valence-corrected chi connectivity index (χ2v) is 7.94. The van der Waals surface area contributed by atoms with Crippen LogP contribution < -0.4 is 10.2 Å². The summed E-state index contributed by atoms with van der Waals surface area (Å²) in [5, 5.41) is 3.11. The number of hydrogen-bond donors (Lipinski definition) is 1. The fourth-order valence-electron chi connectivity index (χ4n) is 2.66. The number of hydrogen-bond acceptors (Lipinski definition) is 4. The lowest BCUT2D eigenvalue weighted by molar-refractivity contribution is -0.118. The maximum atomic E-state index is 12.4. The lowest BCUT2D eigenvalue weighted by Crippen LogP contribution is -2.47. The highest BCUT2D eigenvalue weighted by atomic mass is 32.2. The van der Waals surface area contributed by atoms with Crippen LogP contribution in [0.5, 0.6) is 0 Å². The second-order valence-electron chi connectivity index (χ2n) is 5.71. The molecular weight excluding hydrogens is 288 g/mol. The smallest absolute Gasteiger partial charge is 0.228 e. The van der Waals surface area contributed by atoms with Gasteiger partial charge in [-0.2, -0.15) is 0 Å². The first kappa shape index (κ1) is 16.0. The van der Waals surface area contributed by atoms with Crippen molar-refractivity contribution in [1.82, 2.24) is 5.32 Å². The number of aryl methyl sites for hydroxylation is 2. The molecule has 116 valence electrons. The molecular formula is C15H22N2O3S. The molecule has 1 fully saturated rings. The molecule has 2 rings (SSSR count). The summed E-state index contributed by atoms with van der Waals surface area (Å²) in [6.07, 6.45) is 0.197. The lowest BCUT2D eigenvalue weighted by atomic mass is 10.1. The molecule has 1 amide bonds. The molecule has 0 aromatic heterocycles. The first-order valence-corrected chi connectivity index (χ1v) is 8.88. The molecule has 1 N–H and O–H groups in total. The standard InChI is InChI=1S/C15H22N2O3S/c1-11-4-5-14(12(2)8-11)17(3)15(18)9-13-10-21(19,20)7-6-16-13/h4-5,8,13,16H,6-7,9-10H2,1-3H3. The molecule has 6 heteroatoms. The Morgan fingerprint density at radius 2 is 2.10 bits per heavy atom. The van der Waals surface area contributed by atoms with Crippen LogP contribution in [0.3, 0.4) is 0 Å².